The lowest BCUT2D eigenvalue weighted by molar-refractivity contribution is 0.219. The summed E-state index contributed by atoms with van der Waals surface area (Å²) in [5.74, 6) is 0.878. The average Bonchev–Trinajstić information content (AvgIpc) is 3.13. The molecule has 21 heavy (non-hydrogen) atoms. The third-order valence-corrected chi connectivity index (χ3v) is 3.72. The zero-order chi connectivity index (χ0) is 14.5. The van der Waals surface area contributed by atoms with Crippen molar-refractivity contribution in [3.05, 3.63) is 42.0 Å². The van der Waals surface area contributed by atoms with E-state index in [4.69, 9.17) is 4.74 Å². The number of pyridine rings is 1. The molecule has 0 radical (unpaired) electrons. The van der Waals surface area contributed by atoms with Gasteiger partial charge in [0.1, 0.15) is 11.9 Å². The highest BCUT2D eigenvalue weighted by Crippen LogP contribution is 2.19. The number of nitrogens with one attached hydrogen (secondary N) is 2. The Kier molecular flexibility index (Phi) is 4.47. The number of rotatable bonds is 6. The smallest absolute Gasteiger partial charge is 0.142 e. The van der Waals surface area contributed by atoms with Crippen molar-refractivity contribution in [3.8, 4) is 5.75 Å². The van der Waals surface area contributed by atoms with Gasteiger partial charge >= 0.3 is 0 Å². The van der Waals surface area contributed by atoms with Crippen LogP contribution in [0.25, 0.3) is 0 Å². The first-order valence-electron chi connectivity index (χ1n) is 7.31. The first-order valence-corrected chi connectivity index (χ1v) is 7.31. The van der Waals surface area contributed by atoms with Gasteiger partial charge in [-0.1, -0.05) is 0 Å². The standard InChI is InChI=1S/C15H21N5O/c1-20-13(3-7-19-20)9-18-8-12-2-5-17-11-15(12)21-14-4-6-16-10-14/h2-3,5,7,11,14,16,18H,4,6,8-10H2,1H3/t14-/m0/s1. The maximum absolute atomic E-state index is 6.04. The van der Waals surface area contributed by atoms with E-state index in [9.17, 15) is 0 Å². The Balaban J connectivity index is 1.58. The molecule has 1 aliphatic heterocycles. The maximum atomic E-state index is 6.04. The molecule has 6 heteroatoms. The van der Waals surface area contributed by atoms with E-state index in [0.29, 0.717) is 0 Å². The van der Waals surface area contributed by atoms with E-state index in [1.807, 2.05) is 30.1 Å². The van der Waals surface area contributed by atoms with Crippen LogP contribution in [0.5, 0.6) is 5.75 Å². The molecule has 0 saturated carbocycles. The summed E-state index contributed by atoms with van der Waals surface area (Å²) in [6.07, 6.45) is 6.73. The van der Waals surface area contributed by atoms with Gasteiger partial charge in [-0.15, -0.1) is 0 Å². The van der Waals surface area contributed by atoms with Crippen molar-refractivity contribution in [2.45, 2.75) is 25.6 Å². The summed E-state index contributed by atoms with van der Waals surface area (Å²) >= 11 is 0. The van der Waals surface area contributed by atoms with Crippen LogP contribution in [0.4, 0.5) is 0 Å². The van der Waals surface area contributed by atoms with Crippen molar-refractivity contribution < 1.29 is 4.74 Å². The first-order chi connectivity index (χ1) is 10.3. The molecule has 3 heterocycles. The highest BCUT2D eigenvalue weighted by Gasteiger charge is 2.17. The predicted molar refractivity (Wildman–Crippen MR) is 79.9 cm³/mol. The molecule has 2 N–H and O–H groups in total. The lowest BCUT2D eigenvalue weighted by atomic mass is 10.2. The summed E-state index contributed by atoms with van der Waals surface area (Å²) in [7, 11) is 1.95. The maximum Gasteiger partial charge on any atom is 0.142 e. The zero-order valence-electron chi connectivity index (χ0n) is 12.2. The third-order valence-electron chi connectivity index (χ3n) is 3.72. The number of hydrogen-bond donors (Lipinski definition) is 2. The fraction of sp³-hybridized carbons (Fsp3) is 0.467. The molecular weight excluding hydrogens is 266 g/mol. The Hall–Kier alpha value is -1.92. The normalized spacial score (nSPS) is 18.0. The molecule has 2 aromatic rings. The molecule has 6 nitrogen and oxygen atoms in total. The molecular formula is C15H21N5O. The number of ether oxygens (including phenoxy) is 1. The highest BCUT2D eigenvalue weighted by molar-refractivity contribution is 5.30. The Morgan fingerprint density at radius 3 is 3.10 bits per heavy atom. The molecule has 0 amide bonds. The summed E-state index contributed by atoms with van der Waals surface area (Å²) in [6.45, 7) is 3.47. The van der Waals surface area contributed by atoms with Gasteiger partial charge in [0.2, 0.25) is 0 Å². The van der Waals surface area contributed by atoms with Crippen molar-refractivity contribution in [2.24, 2.45) is 7.05 Å². The minimum Gasteiger partial charge on any atom is -0.487 e. The largest absolute Gasteiger partial charge is 0.487 e. The van der Waals surface area contributed by atoms with Crippen molar-refractivity contribution in [1.82, 2.24) is 25.4 Å². The van der Waals surface area contributed by atoms with Crippen LogP contribution in [-0.2, 0) is 20.1 Å². The molecule has 1 atom stereocenters. The average molecular weight is 287 g/mol. The topological polar surface area (TPSA) is 64.0 Å². The van der Waals surface area contributed by atoms with Crippen LogP contribution in [0.15, 0.2) is 30.7 Å². The molecule has 1 fully saturated rings. The van der Waals surface area contributed by atoms with Gasteiger partial charge in [-0.25, -0.2) is 0 Å². The van der Waals surface area contributed by atoms with Gasteiger partial charge in [0, 0.05) is 44.6 Å². The molecule has 0 bridgehead atoms. The van der Waals surface area contributed by atoms with Crippen LogP contribution >= 0.6 is 0 Å². The Bertz CT molecular complexity index is 577. The van der Waals surface area contributed by atoms with Gasteiger partial charge in [0.25, 0.3) is 0 Å². The van der Waals surface area contributed by atoms with E-state index in [1.165, 1.54) is 0 Å². The van der Waals surface area contributed by atoms with E-state index in [2.05, 4.69) is 20.7 Å². The Morgan fingerprint density at radius 1 is 1.38 bits per heavy atom. The molecule has 0 unspecified atom stereocenters. The van der Waals surface area contributed by atoms with Gasteiger partial charge in [0.15, 0.2) is 0 Å². The molecule has 2 aromatic heterocycles. The summed E-state index contributed by atoms with van der Waals surface area (Å²) < 4.78 is 7.91. The summed E-state index contributed by atoms with van der Waals surface area (Å²) in [4.78, 5) is 4.17. The Morgan fingerprint density at radius 2 is 2.33 bits per heavy atom. The molecule has 0 aliphatic carbocycles. The quantitative estimate of drug-likeness (QED) is 0.824. The fourth-order valence-corrected chi connectivity index (χ4v) is 2.47. The number of hydrogen-bond acceptors (Lipinski definition) is 5. The van der Waals surface area contributed by atoms with Crippen molar-refractivity contribution in [2.75, 3.05) is 13.1 Å². The van der Waals surface area contributed by atoms with Crippen molar-refractivity contribution in [3.63, 3.8) is 0 Å². The van der Waals surface area contributed by atoms with Crippen LogP contribution in [0.3, 0.4) is 0 Å². The van der Waals surface area contributed by atoms with Crippen LogP contribution in [0.1, 0.15) is 17.7 Å². The van der Waals surface area contributed by atoms with Gasteiger partial charge in [-0.05, 0) is 25.1 Å². The lowest BCUT2D eigenvalue weighted by Crippen LogP contribution is -2.21. The van der Waals surface area contributed by atoms with Gasteiger partial charge in [-0.3, -0.25) is 9.67 Å². The number of aromatic nitrogens is 3. The summed E-state index contributed by atoms with van der Waals surface area (Å²) in [6, 6.07) is 4.02. The van der Waals surface area contributed by atoms with Gasteiger partial charge in [-0.2, -0.15) is 5.10 Å². The molecule has 3 rings (SSSR count). The third kappa shape index (κ3) is 3.59. The minimum absolute atomic E-state index is 0.255. The zero-order valence-corrected chi connectivity index (χ0v) is 12.2. The monoisotopic (exact) mass is 287 g/mol. The molecule has 0 aromatic carbocycles. The second-order valence-electron chi connectivity index (χ2n) is 5.27. The van der Waals surface area contributed by atoms with Crippen LogP contribution in [-0.4, -0.2) is 34.0 Å². The summed E-state index contributed by atoms with van der Waals surface area (Å²) in [5, 5.41) is 10.9. The van der Waals surface area contributed by atoms with Gasteiger partial charge < -0.3 is 15.4 Å². The molecule has 1 aliphatic rings. The van der Waals surface area contributed by atoms with Crippen LogP contribution in [0, 0.1) is 0 Å². The van der Waals surface area contributed by atoms with E-state index in [-0.39, 0.29) is 6.10 Å². The van der Waals surface area contributed by atoms with E-state index in [1.54, 1.807) is 12.4 Å². The van der Waals surface area contributed by atoms with E-state index < -0.39 is 0 Å². The van der Waals surface area contributed by atoms with Crippen LogP contribution in [0.2, 0.25) is 0 Å². The Labute approximate surface area is 124 Å². The van der Waals surface area contributed by atoms with E-state index in [0.717, 1.165) is 49.6 Å². The second kappa shape index (κ2) is 6.69. The van der Waals surface area contributed by atoms with Crippen molar-refractivity contribution in [1.29, 1.82) is 0 Å². The molecule has 0 spiro atoms. The molecule has 112 valence electrons. The minimum atomic E-state index is 0.255. The summed E-state index contributed by atoms with van der Waals surface area (Å²) in [5.41, 5.74) is 2.30. The van der Waals surface area contributed by atoms with Gasteiger partial charge in [0.05, 0.1) is 11.9 Å². The molecule has 1 saturated heterocycles. The van der Waals surface area contributed by atoms with Crippen molar-refractivity contribution >= 4 is 0 Å². The highest BCUT2D eigenvalue weighted by atomic mass is 16.5. The lowest BCUT2D eigenvalue weighted by Gasteiger charge is -2.16. The number of nitrogens with zero attached hydrogens (tertiary/aromatic N) is 3. The fourth-order valence-electron chi connectivity index (χ4n) is 2.47. The number of aryl methyl sites for hydroxylation is 1. The first kappa shape index (κ1) is 14.0. The van der Waals surface area contributed by atoms with Crippen LogP contribution < -0.4 is 15.4 Å². The predicted octanol–water partition coefficient (Wildman–Crippen LogP) is 0.846. The SMILES string of the molecule is Cn1nccc1CNCc1ccncc1O[C@H]1CCNC1. The van der Waals surface area contributed by atoms with E-state index >= 15 is 0 Å². The second-order valence-corrected chi connectivity index (χ2v) is 5.27.